The number of rotatable bonds is 3. The summed E-state index contributed by atoms with van der Waals surface area (Å²) in [7, 11) is 1.79. The number of halogens is 1. The van der Waals surface area contributed by atoms with Crippen LogP contribution in [-0.4, -0.2) is 22.0 Å². The van der Waals surface area contributed by atoms with Crippen molar-refractivity contribution in [2.24, 2.45) is 0 Å². The molecule has 2 heterocycles. The summed E-state index contributed by atoms with van der Waals surface area (Å²) >= 11 is 0. The summed E-state index contributed by atoms with van der Waals surface area (Å²) in [5.41, 5.74) is 2.99. The lowest BCUT2D eigenvalue weighted by molar-refractivity contribution is 0.571. The number of nitrogens with zero attached hydrogens (tertiary/aromatic N) is 3. The van der Waals surface area contributed by atoms with Crippen LogP contribution in [0.4, 0.5) is 4.39 Å². The highest BCUT2D eigenvalue weighted by molar-refractivity contribution is 5.78. The lowest BCUT2D eigenvalue weighted by atomic mass is 9.98. The fraction of sp³-hybridized carbons (Fsp3) is 0.133. The third-order valence-electron chi connectivity index (χ3n) is 3.24. The summed E-state index contributed by atoms with van der Waals surface area (Å²) < 4.78 is 14.0. The Morgan fingerprint density at radius 2 is 1.90 bits per heavy atom. The SMILES string of the molecule is CNC(c1ccncc1F)c1cccc2nccnc12. The molecule has 3 aromatic rings. The predicted molar refractivity (Wildman–Crippen MR) is 74.6 cm³/mol. The van der Waals surface area contributed by atoms with Gasteiger partial charge in [-0.15, -0.1) is 0 Å². The second kappa shape index (κ2) is 5.30. The van der Waals surface area contributed by atoms with Crippen LogP contribution >= 0.6 is 0 Å². The van der Waals surface area contributed by atoms with E-state index in [4.69, 9.17) is 0 Å². The van der Waals surface area contributed by atoms with E-state index < -0.39 is 0 Å². The van der Waals surface area contributed by atoms with Crippen molar-refractivity contribution in [3.05, 3.63) is 66.0 Å². The molecule has 0 saturated heterocycles. The molecule has 2 aromatic heterocycles. The maximum Gasteiger partial charge on any atom is 0.146 e. The monoisotopic (exact) mass is 268 g/mol. The molecule has 1 aromatic carbocycles. The zero-order valence-corrected chi connectivity index (χ0v) is 10.9. The first kappa shape index (κ1) is 12.6. The Morgan fingerprint density at radius 1 is 1.05 bits per heavy atom. The molecule has 0 saturated carbocycles. The van der Waals surface area contributed by atoms with Gasteiger partial charge in [-0.3, -0.25) is 15.0 Å². The summed E-state index contributed by atoms with van der Waals surface area (Å²) in [4.78, 5) is 12.4. The van der Waals surface area contributed by atoms with E-state index in [1.165, 1.54) is 6.20 Å². The molecular formula is C15H13FN4. The molecule has 1 atom stereocenters. The Labute approximate surface area is 115 Å². The number of hydrogen-bond acceptors (Lipinski definition) is 4. The Balaban J connectivity index is 2.20. The molecule has 0 amide bonds. The fourth-order valence-electron chi connectivity index (χ4n) is 2.35. The van der Waals surface area contributed by atoms with Crippen molar-refractivity contribution in [1.29, 1.82) is 0 Å². The van der Waals surface area contributed by atoms with Crippen molar-refractivity contribution in [2.45, 2.75) is 6.04 Å². The second-order valence-electron chi connectivity index (χ2n) is 4.39. The molecule has 0 aliphatic rings. The number of pyridine rings is 1. The molecule has 3 rings (SSSR count). The van der Waals surface area contributed by atoms with Crippen LogP contribution in [0.5, 0.6) is 0 Å². The van der Waals surface area contributed by atoms with Crippen molar-refractivity contribution in [3.63, 3.8) is 0 Å². The zero-order valence-electron chi connectivity index (χ0n) is 10.9. The summed E-state index contributed by atoms with van der Waals surface area (Å²) in [5.74, 6) is -0.340. The molecule has 4 nitrogen and oxygen atoms in total. The van der Waals surface area contributed by atoms with E-state index in [1.54, 1.807) is 31.7 Å². The smallest absolute Gasteiger partial charge is 0.146 e. The van der Waals surface area contributed by atoms with E-state index in [-0.39, 0.29) is 11.9 Å². The Hall–Kier alpha value is -2.40. The zero-order chi connectivity index (χ0) is 13.9. The number of benzene rings is 1. The summed E-state index contributed by atoms with van der Waals surface area (Å²) in [5, 5.41) is 3.13. The quantitative estimate of drug-likeness (QED) is 0.793. The van der Waals surface area contributed by atoms with Gasteiger partial charge in [-0.25, -0.2) is 4.39 Å². The summed E-state index contributed by atoms with van der Waals surface area (Å²) in [6, 6.07) is 7.10. The van der Waals surface area contributed by atoms with Crippen LogP contribution in [0.15, 0.2) is 49.1 Å². The molecule has 0 aliphatic carbocycles. The number of aromatic nitrogens is 3. The number of nitrogens with one attached hydrogen (secondary N) is 1. The van der Waals surface area contributed by atoms with Crippen molar-refractivity contribution in [3.8, 4) is 0 Å². The van der Waals surface area contributed by atoms with E-state index in [0.29, 0.717) is 5.56 Å². The van der Waals surface area contributed by atoms with E-state index in [0.717, 1.165) is 16.6 Å². The van der Waals surface area contributed by atoms with Crippen molar-refractivity contribution in [2.75, 3.05) is 7.05 Å². The van der Waals surface area contributed by atoms with Crippen LogP contribution in [0.25, 0.3) is 11.0 Å². The molecule has 0 radical (unpaired) electrons. The van der Waals surface area contributed by atoms with Gasteiger partial charge in [0.1, 0.15) is 5.82 Å². The van der Waals surface area contributed by atoms with Gasteiger partial charge < -0.3 is 5.32 Å². The minimum absolute atomic E-state index is 0.293. The van der Waals surface area contributed by atoms with Crippen LogP contribution in [0.1, 0.15) is 17.2 Å². The van der Waals surface area contributed by atoms with Crippen molar-refractivity contribution in [1.82, 2.24) is 20.3 Å². The highest BCUT2D eigenvalue weighted by Crippen LogP contribution is 2.27. The van der Waals surface area contributed by atoms with Gasteiger partial charge in [0.2, 0.25) is 0 Å². The Bertz CT molecular complexity index is 739. The maximum absolute atomic E-state index is 14.0. The van der Waals surface area contributed by atoms with Crippen molar-refractivity contribution >= 4 is 11.0 Å². The van der Waals surface area contributed by atoms with Gasteiger partial charge in [0.15, 0.2) is 0 Å². The van der Waals surface area contributed by atoms with Gasteiger partial charge in [-0.05, 0) is 19.2 Å². The lowest BCUT2D eigenvalue weighted by Gasteiger charge is -2.18. The van der Waals surface area contributed by atoms with Crippen LogP contribution < -0.4 is 5.32 Å². The van der Waals surface area contributed by atoms with Gasteiger partial charge in [0.05, 0.1) is 23.3 Å². The number of para-hydroxylation sites is 1. The van der Waals surface area contributed by atoms with Crippen LogP contribution in [-0.2, 0) is 0 Å². The first-order valence-corrected chi connectivity index (χ1v) is 6.27. The molecule has 5 heteroatoms. The fourth-order valence-corrected chi connectivity index (χ4v) is 2.35. The largest absolute Gasteiger partial charge is 0.309 e. The third kappa shape index (κ3) is 2.12. The first-order chi connectivity index (χ1) is 9.81. The van der Waals surface area contributed by atoms with Gasteiger partial charge in [0, 0.05) is 29.7 Å². The Morgan fingerprint density at radius 3 is 2.70 bits per heavy atom. The third-order valence-corrected chi connectivity index (χ3v) is 3.24. The average molecular weight is 268 g/mol. The minimum Gasteiger partial charge on any atom is -0.309 e. The highest BCUT2D eigenvalue weighted by Gasteiger charge is 2.19. The van der Waals surface area contributed by atoms with Crippen LogP contribution in [0.3, 0.4) is 0 Å². The Kier molecular flexibility index (Phi) is 3.35. The van der Waals surface area contributed by atoms with Crippen molar-refractivity contribution < 1.29 is 4.39 Å². The van der Waals surface area contributed by atoms with Gasteiger partial charge >= 0.3 is 0 Å². The minimum atomic E-state index is -0.340. The second-order valence-corrected chi connectivity index (χ2v) is 4.39. The molecule has 0 fully saturated rings. The molecule has 1 unspecified atom stereocenters. The molecule has 1 N–H and O–H groups in total. The van der Waals surface area contributed by atoms with Crippen LogP contribution in [0, 0.1) is 5.82 Å². The van der Waals surface area contributed by atoms with E-state index in [1.807, 2.05) is 18.2 Å². The van der Waals surface area contributed by atoms with Crippen LogP contribution in [0.2, 0.25) is 0 Å². The average Bonchev–Trinajstić information content (AvgIpc) is 2.50. The van der Waals surface area contributed by atoms with Gasteiger partial charge in [0.25, 0.3) is 0 Å². The lowest BCUT2D eigenvalue weighted by Crippen LogP contribution is -2.19. The predicted octanol–water partition coefficient (Wildman–Crippen LogP) is 2.47. The maximum atomic E-state index is 14.0. The number of fused-ring (bicyclic) bond motifs is 1. The standard InChI is InChI=1S/C15H13FN4/c1-17-14(10-5-6-18-9-12(10)16)11-3-2-4-13-15(11)20-8-7-19-13/h2-9,14,17H,1H3. The molecule has 0 spiro atoms. The van der Waals surface area contributed by atoms with E-state index >= 15 is 0 Å². The molecule has 20 heavy (non-hydrogen) atoms. The highest BCUT2D eigenvalue weighted by atomic mass is 19.1. The van der Waals surface area contributed by atoms with Gasteiger partial charge in [-0.1, -0.05) is 12.1 Å². The van der Waals surface area contributed by atoms with E-state index in [2.05, 4.69) is 20.3 Å². The molecule has 100 valence electrons. The van der Waals surface area contributed by atoms with Gasteiger partial charge in [-0.2, -0.15) is 0 Å². The van der Waals surface area contributed by atoms with E-state index in [9.17, 15) is 4.39 Å². The topological polar surface area (TPSA) is 50.7 Å². The molecule has 0 aliphatic heterocycles. The molecule has 0 bridgehead atoms. The summed E-state index contributed by atoms with van der Waals surface area (Å²) in [6.45, 7) is 0. The normalized spacial score (nSPS) is 12.5. The summed E-state index contributed by atoms with van der Waals surface area (Å²) in [6.07, 6.45) is 6.09. The first-order valence-electron chi connectivity index (χ1n) is 6.27. The molecular weight excluding hydrogens is 255 g/mol. The number of hydrogen-bond donors (Lipinski definition) is 1.